The molecule has 29 heavy (non-hydrogen) atoms. The number of urea groups is 1. The number of anilines is 2. The molecule has 0 aliphatic heterocycles. The molecule has 0 fully saturated rings. The van der Waals surface area contributed by atoms with Gasteiger partial charge in [-0.2, -0.15) is 0 Å². The first kappa shape index (κ1) is 19.8. The van der Waals surface area contributed by atoms with E-state index in [-0.39, 0.29) is 12.6 Å². The highest BCUT2D eigenvalue weighted by molar-refractivity contribution is 5.99. The van der Waals surface area contributed by atoms with Gasteiger partial charge in [-0.1, -0.05) is 30.3 Å². The van der Waals surface area contributed by atoms with Crippen molar-refractivity contribution in [2.45, 2.75) is 6.61 Å². The Labute approximate surface area is 168 Å². The maximum atomic E-state index is 12.2. The quantitative estimate of drug-likeness (QED) is 0.566. The first-order valence-corrected chi connectivity index (χ1v) is 8.88. The second-order valence-electron chi connectivity index (χ2n) is 6.16. The zero-order valence-corrected chi connectivity index (χ0v) is 15.8. The molecule has 3 amide bonds. The standard InChI is InChI=1S/C22H21N3O4/c1-28-18-9-5-8-17(13-18)25-22(27)24-16-7-4-6-15(12-16)14-29-20-11-3-2-10-19(20)21(23)26/h2-13H,14H2,1H3,(H2,23,26)(H2,24,25,27). The Morgan fingerprint density at radius 3 is 2.31 bits per heavy atom. The van der Waals surface area contributed by atoms with Crippen LogP contribution in [0.15, 0.2) is 72.8 Å². The maximum absolute atomic E-state index is 12.2. The van der Waals surface area contributed by atoms with Crippen LogP contribution in [0.4, 0.5) is 16.2 Å². The molecule has 7 heteroatoms. The van der Waals surface area contributed by atoms with E-state index in [2.05, 4.69) is 10.6 Å². The van der Waals surface area contributed by atoms with Crippen molar-refractivity contribution in [3.8, 4) is 11.5 Å². The summed E-state index contributed by atoms with van der Waals surface area (Å²) in [4.78, 5) is 23.7. The lowest BCUT2D eigenvalue weighted by molar-refractivity contribution is 0.0996. The number of nitrogens with one attached hydrogen (secondary N) is 2. The first-order valence-electron chi connectivity index (χ1n) is 8.88. The van der Waals surface area contributed by atoms with E-state index in [1.165, 1.54) is 0 Å². The maximum Gasteiger partial charge on any atom is 0.323 e. The fraction of sp³-hybridized carbons (Fsp3) is 0.0909. The van der Waals surface area contributed by atoms with E-state index in [0.29, 0.717) is 28.4 Å². The van der Waals surface area contributed by atoms with E-state index in [9.17, 15) is 9.59 Å². The summed E-state index contributed by atoms with van der Waals surface area (Å²) in [7, 11) is 1.56. The Hall–Kier alpha value is -4.00. The number of ether oxygens (including phenoxy) is 2. The Morgan fingerprint density at radius 2 is 1.59 bits per heavy atom. The molecule has 0 spiro atoms. The summed E-state index contributed by atoms with van der Waals surface area (Å²) in [6.07, 6.45) is 0. The van der Waals surface area contributed by atoms with Crippen molar-refractivity contribution >= 4 is 23.3 Å². The van der Waals surface area contributed by atoms with Crippen LogP contribution in [0, 0.1) is 0 Å². The highest BCUT2D eigenvalue weighted by Gasteiger charge is 2.09. The normalized spacial score (nSPS) is 10.1. The highest BCUT2D eigenvalue weighted by Crippen LogP contribution is 2.20. The largest absolute Gasteiger partial charge is 0.497 e. The fourth-order valence-electron chi connectivity index (χ4n) is 2.69. The van der Waals surface area contributed by atoms with Crippen LogP contribution < -0.4 is 25.8 Å². The zero-order chi connectivity index (χ0) is 20.6. The topological polar surface area (TPSA) is 103 Å². The van der Waals surface area contributed by atoms with Crippen LogP contribution in [-0.2, 0) is 6.61 Å². The van der Waals surface area contributed by atoms with Crippen molar-refractivity contribution in [1.82, 2.24) is 0 Å². The van der Waals surface area contributed by atoms with Crippen LogP contribution >= 0.6 is 0 Å². The molecule has 0 bridgehead atoms. The lowest BCUT2D eigenvalue weighted by atomic mass is 10.2. The lowest BCUT2D eigenvalue weighted by Crippen LogP contribution is -2.19. The SMILES string of the molecule is COc1cccc(NC(=O)Nc2cccc(COc3ccccc3C(N)=O)c2)c1. The van der Waals surface area contributed by atoms with Crippen LogP contribution in [0.25, 0.3) is 0 Å². The van der Waals surface area contributed by atoms with Crippen molar-refractivity contribution in [2.24, 2.45) is 5.73 Å². The van der Waals surface area contributed by atoms with Gasteiger partial charge in [0.2, 0.25) is 0 Å². The molecule has 0 aromatic heterocycles. The molecule has 7 nitrogen and oxygen atoms in total. The molecular weight excluding hydrogens is 370 g/mol. The van der Waals surface area contributed by atoms with Gasteiger partial charge in [-0.25, -0.2) is 4.79 Å². The molecule has 4 N–H and O–H groups in total. The minimum absolute atomic E-state index is 0.220. The Balaban J connectivity index is 1.62. The number of hydrogen-bond donors (Lipinski definition) is 3. The number of amides is 3. The van der Waals surface area contributed by atoms with Crippen LogP contribution in [0.3, 0.4) is 0 Å². The van der Waals surface area contributed by atoms with Gasteiger partial charge in [0.25, 0.3) is 5.91 Å². The molecule has 3 aromatic carbocycles. The molecule has 0 heterocycles. The van der Waals surface area contributed by atoms with Gasteiger partial charge in [-0.05, 0) is 42.0 Å². The first-order chi connectivity index (χ1) is 14.0. The van der Waals surface area contributed by atoms with Crippen molar-refractivity contribution in [2.75, 3.05) is 17.7 Å². The minimum Gasteiger partial charge on any atom is -0.497 e. The number of carbonyl (C=O) groups is 2. The molecule has 3 rings (SSSR count). The molecule has 0 saturated heterocycles. The Bertz CT molecular complexity index is 1020. The fourth-order valence-corrected chi connectivity index (χ4v) is 2.69. The minimum atomic E-state index is -0.551. The van der Waals surface area contributed by atoms with E-state index in [4.69, 9.17) is 15.2 Å². The number of benzene rings is 3. The number of carbonyl (C=O) groups excluding carboxylic acids is 2. The monoisotopic (exact) mass is 391 g/mol. The van der Waals surface area contributed by atoms with E-state index in [1.807, 2.05) is 6.07 Å². The summed E-state index contributed by atoms with van der Waals surface area (Å²) >= 11 is 0. The van der Waals surface area contributed by atoms with Crippen molar-refractivity contribution < 1.29 is 19.1 Å². The van der Waals surface area contributed by atoms with Gasteiger partial charge in [-0.3, -0.25) is 4.79 Å². The third-order valence-electron chi connectivity index (χ3n) is 4.06. The smallest absolute Gasteiger partial charge is 0.323 e. The predicted octanol–water partition coefficient (Wildman–Crippen LogP) is 4.02. The predicted molar refractivity (Wildman–Crippen MR) is 111 cm³/mol. The van der Waals surface area contributed by atoms with E-state index in [1.54, 1.807) is 73.8 Å². The summed E-state index contributed by atoms with van der Waals surface area (Å²) in [5.74, 6) is 0.512. The van der Waals surface area contributed by atoms with E-state index < -0.39 is 5.91 Å². The van der Waals surface area contributed by atoms with Crippen molar-refractivity contribution in [1.29, 1.82) is 0 Å². The van der Waals surface area contributed by atoms with Gasteiger partial charge in [-0.15, -0.1) is 0 Å². The molecule has 0 unspecified atom stereocenters. The molecule has 0 radical (unpaired) electrons. The van der Waals surface area contributed by atoms with Gasteiger partial charge in [0.15, 0.2) is 0 Å². The Morgan fingerprint density at radius 1 is 0.897 bits per heavy atom. The molecule has 0 saturated carbocycles. The second-order valence-corrected chi connectivity index (χ2v) is 6.16. The third kappa shape index (κ3) is 5.49. The zero-order valence-electron chi connectivity index (χ0n) is 15.8. The lowest BCUT2D eigenvalue weighted by Gasteiger charge is -2.12. The van der Waals surface area contributed by atoms with Gasteiger partial charge >= 0.3 is 6.03 Å². The van der Waals surface area contributed by atoms with Gasteiger partial charge in [0.05, 0.1) is 12.7 Å². The van der Waals surface area contributed by atoms with Crippen LogP contribution in [0.5, 0.6) is 11.5 Å². The summed E-state index contributed by atoms with van der Waals surface area (Å²) in [6.45, 7) is 0.220. The van der Waals surface area contributed by atoms with Crippen molar-refractivity contribution in [3.63, 3.8) is 0 Å². The second kappa shape index (κ2) is 9.27. The van der Waals surface area contributed by atoms with Crippen LogP contribution in [-0.4, -0.2) is 19.0 Å². The molecule has 148 valence electrons. The number of methoxy groups -OCH3 is 1. The highest BCUT2D eigenvalue weighted by atomic mass is 16.5. The molecule has 3 aromatic rings. The summed E-state index contributed by atoms with van der Waals surface area (Å²) < 4.78 is 10.9. The van der Waals surface area contributed by atoms with E-state index >= 15 is 0 Å². The average molecular weight is 391 g/mol. The number of primary amides is 1. The van der Waals surface area contributed by atoms with Crippen LogP contribution in [0.1, 0.15) is 15.9 Å². The number of hydrogen-bond acceptors (Lipinski definition) is 4. The molecule has 0 aliphatic carbocycles. The van der Waals surface area contributed by atoms with Crippen LogP contribution in [0.2, 0.25) is 0 Å². The van der Waals surface area contributed by atoms with Gasteiger partial charge in [0.1, 0.15) is 18.1 Å². The number of para-hydroxylation sites is 1. The van der Waals surface area contributed by atoms with Gasteiger partial charge < -0.3 is 25.8 Å². The number of rotatable bonds is 7. The van der Waals surface area contributed by atoms with Crippen molar-refractivity contribution in [3.05, 3.63) is 83.9 Å². The molecule has 0 aliphatic rings. The summed E-state index contributed by atoms with van der Waals surface area (Å²) in [6, 6.07) is 20.7. The van der Waals surface area contributed by atoms with E-state index in [0.717, 1.165) is 5.56 Å². The molecular formula is C22H21N3O4. The average Bonchev–Trinajstić information content (AvgIpc) is 2.72. The Kier molecular flexibility index (Phi) is 6.32. The summed E-state index contributed by atoms with van der Waals surface area (Å²) in [5.41, 5.74) is 7.73. The van der Waals surface area contributed by atoms with Gasteiger partial charge in [0, 0.05) is 17.4 Å². The number of nitrogens with two attached hydrogens (primary N) is 1. The molecule has 0 atom stereocenters. The summed E-state index contributed by atoms with van der Waals surface area (Å²) in [5, 5.41) is 5.53. The third-order valence-corrected chi connectivity index (χ3v) is 4.06.